The van der Waals surface area contributed by atoms with Crippen LogP contribution in [0.15, 0.2) is 64.5 Å². The van der Waals surface area contributed by atoms with E-state index in [0.29, 0.717) is 16.3 Å². The molecule has 4 rings (SSSR count). The molecular weight excluding hydrogens is 410 g/mol. The minimum absolute atomic E-state index is 0.0780. The number of aryl methyl sites for hydroxylation is 1. The number of aromatic nitrogens is 4. The summed E-state index contributed by atoms with van der Waals surface area (Å²) in [6.07, 6.45) is 1.07. The van der Waals surface area contributed by atoms with Crippen LogP contribution in [0.25, 0.3) is 16.7 Å². The molecule has 1 N–H and O–H groups in total. The van der Waals surface area contributed by atoms with Crippen LogP contribution in [0.1, 0.15) is 32.3 Å². The Morgan fingerprint density at radius 1 is 1.10 bits per heavy atom. The summed E-state index contributed by atoms with van der Waals surface area (Å²) in [5.74, 6) is 1.12. The number of benzene rings is 2. The molecule has 0 saturated heterocycles. The fraction of sp³-hybridized carbons (Fsp3) is 0.304. The summed E-state index contributed by atoms with van der Waals surface area (Å²) in [7, 11) is 0. The molecule has 160 valence electrons. The van der Waals surface area contributed by atoms with Crippen molar-refractivity contribution < 1.29 is 4.79 Å². The summed E-state index contributed by atoms with van der Waals surface area (Å²) in [6.45, 7) is 4.23. The van der Waals surface area contributed by atoms with E-state index in [4.69, 9.17) is 0 Å². The summed E-state index contributed by atoms with van der Waals surface area (Å²) in [5, 5.41) is 12.9. The number of amides is 1. The van der Waals surface area contributed by atoms with Gasteiger partial charge in [0.1, 0.15) is 0 Å². The van der Waals surface area contributed by atoms with Crippen molar-refractivity contribution in [2.45, 2.75) is 50.2 Å². The topological polar surface area (TPSA) is 81.3 Å². The molecule has 1 atom stereocenters. The van der Waals surface area contributed by atoms with Crippen LogP contribution in [0.2, 0.25) is 0 Å². The molecule has 1 amide bonds. The van der Waals surface area contributed by atoms with Gasteiger partial charge in [-0.05, 0) is 31.0 Å². The second-order valence-corrected chi connectivity index (χ2v) is 8.44. The SMILES string of the molecule is CCC(C)NC(=O)CCn1c(=O)c2ccccc2n2c(SCc3ccccc3)nnc12. The van der Waals surface area contributed by atoms with Crippen LogP contribution < -0.4 is 10.9 Å². The third-order valence-electron chi connectivity index (χ3n) is 5.27. The average molecular weight is 436 g/mol. The molecule has 0 aliphatic heterocycles. The van der Waals surface area contributed by atoms with Crippen LogP contribution in [0.4, 0.5) is 0 Å². The van der Waals surface area contributed by atoms with Gasteiger partial charge in [0, 0.05) is 24.8 Å². The highest BCUT2D eigenvalue weighted by molar-refractivity contribution is 7.98. The molecule has 8 heteroatoms. The smallest absolute Gasteiger partial charge is 0.262 e. The Labute approximate surface area is 184 Å². The predicted molar refractivity (Wildman–Crippen MR) is 123 cm³/mol. The van der Waals surface area contributed by atoms with E-state index in [-0.39, 0.29) is 30.5 Å². The standard InChI is InChI=1S/C23H25N5O2S/c1-3-16(2)24-20(29)13-14-27-21(30)18-11-7-8-12-19(18)28-22(27)25-26-23(28)31-15-17-9-5-4-6-10-17/h4-12,16H,3,13-15H2,1-2H3,(H,24,29). The summed E-state index contributed by atoms with van der Waals surface area (Å²) < 4.78 is 3.47. The number of fused-ring (bicyclic) bond motifs is 3. The first kappa shape index (κ1) is 21.1. The zero-order valence-electron chi connectivity index (χ0n) is 17.6. The van der Waals surface area contributed by atoms with E-state index in [2.05, 4.69) is 27.6 Å². The van der Waals surface area contributed by atoms with Crippen LogP contribution in [0, 0.1) is 0 Å². The normalized spacial score (nSPS) is 12.3. The van der Waals surface area contributed by atoms with Crippen LogP contribution in [0.3, 0.4) is 0 Å². The summed E-state index contributed by atoms with van der Waals surface area (Å²) in [6, 6.07) is 17.7. The first-order chi connectivity index (χ1) is 15.1. The molecule has 7 nitrogen and oxygen atoms in total. The third kappa shape index (κ3) is 4.49. The van der Waals surface area contributed by atoms with Gasteiger partial charge in [-0.3, -0.25) is 18.6 Å². The lowest BCUT2D eigenvalue weighted by Gasteiger charge is -2.13. The molecule has 0 aliphatic rings. The fourth-order valence-electron chi connectivity index (χ4n) is 3.41. The van der Waals surface area contributed by atoms with E-state index in [9.17, 15) is 9.59 Å². The lowest BCUT2D eigenvalue weighted by atomic mass is 10.2. The molecule has 0 saturated carbocycles. The minimum Gasteiger partial charge on any atom is -0.354 e. The number of nitrogens with zero attached hydrogens (tertiary/aromatic N) is 4. The molecule has 0 bridgehead atoms. The maximum absolute atomic E-state index is 13.2. The first-order valence-electron chi connectivity index (χ1n) is 10.4. The zero-order chi connectivity index (χ0) is 21.8. The van der Waals surface area contributed by atoms with E-state index < -0.39 is 0 Å². The largest absolute Gasteiger partial charge is 0.354 e. The lowest BCUT2D eigenvalue weighted by Crippen LogP contribution is -2.33. The number of carbonyl (C=O) groups excluding carboxylic acids is 1. The Morgan fingerprint density at radius 3 is 2.61 bits per heavy atom. The number of hydrogen-bond donors (Lipinski definition) is 1. The van der Waals surface area contributed by atoms with Gasteiger partial charge in [0.05, 0.1) is 10.9 Å². The highest BCUT2D eigenvalue weighted by Gasteiger charge is 2.17. The van der Waals surface area contributed by atoms with Gasteiger partial charge >= 0.3 is 0 Å². The Morgan fingerprint density at radius 2 is 1.84 bits per heavy atom. The van der Waals surface area contributed by atoms with Crippen molar-refractivity contribution in [1.82, 2.24) is 24.5 Å². The molecule has 2 aromatic heterocycles. The van der Waals surface area contributed by atoms with Crippen molar-refractivity contribution in [2.24, 2.45) is 0 Å². The lowest BCUT2D eigenvalue weighted by molar-refractivity contribution is -0.121. The predicted octanol–water partition coefficient (Wildman–Crippen LogP) is 3.64. The van der Waals surface area contributed by atoms with Crippen molar-refractivity contribution >= 4 is 34.3 Å². The van der Waals surface area contributed by atoms with Gasteiger partial charge in [-0.2, -0.15) is 0 Å². The summed E-state index contributed by atoms with van der Waals surface area (Å²) >= 11 is 1.57. The maximum atomic E-state index is 13.2. The molecule has 0 radical (unpaired) electrons. The van der Waals surface area contributed by atoms with Gasteiger partial charge in [0.25, 0.3) is 5.56 Å². The number of carbonyl (C=O) groups is 1. The van der Waals surface area contributed by atoms with E-state index in [0.717, 1.165) is 17.7 Å². The van der Waals surface area contributed by atoms with E-state index in [1.165, 1.54) is 5.56 Å². The van der Waals surface area contributed by atoms with Gasteiger partial charge in [0.2, 0.25) is 11.7 Å². The Hall–Kier alpha value is -3.13. The Balaban J connectivity index is 1.70. The number of para-hydroxylation sites is 1. The van der Waals surface area contributed by atoms with Crippen LogP contribution in [-0.4, -0.2) is 31.1 Å². The van der Waals surface area contributed by atoms with Crippen LogP contribution in [-0.2, 0) is 17.1 Å². The Kier molecular flexibility index (Phi) is 6.36. The molecule has 0 fully saturated rings. The molecule has 0 spiro atoms. The van der Waals surface area contributed by atoms with Crippen molar-refractivity contribution in [3.05, 3.63) is 70.5 Å². The van der Waals surface area contributed by atoms with Crippen molar-refractivity contribution in [3.63, 3.8) is 0 Å². The molecule has 0 aliphatic carbocycles. The molecule has 2 heterocycles. The molecule has 4 aromatic rings. The molecule has 1 unspecified atom stereocenters. The highest BCUT2D eigenvalue weighted by atomic mass is 32.2. The molecule has 31 heavy (non-hydrogen) atoms. The number of thioether (sulfide) groups is 1. The number of rotatable bonds is 8. The van der Waals surface area contributed by atoms with Gasteiger partial charge in [0.15, 0.2) is 5.16 Å². The van der Waals surface area contributed by atoms with Crippen molar-refractivity contribution in [3.8, 4) is 0 Å². The van der Waals surface area contributed by atoms with Gasteiger partial charge < -0.3 is 5.32 Å². The van der Waals surface area contributed by atoms with Crippen molar-refractivity contribution in [1.29, 1.82) is 0 Å². The number of hydrogen-bond acceptors (Lipinski definition) is 5. The van der Waals surface area contributed by atoms with Crippen LogP contribution in [0.5, 0.6) is 0 Å². The van der Waals surface area contributed by atoms with E-state index in [1.807, 2.05) is 54.6 Å². The van der Waals surface area contributed by atoms with Gasteiger partial charge in [-0.15, -0.1) is 10.2 Å². The van der Waals surface area contributed by atoms with E-state index in [1.54, 1.807) is 22.4 Å². The van der Waals surface area contributed by atoms with Gasteiger partial charge in [-0.1, -0.05) is 61.2 Å². The molecule has 2 aromatic carbocycles. The summed E-state index contributed by atoms with van der Waals surface area (Å²) in [5.41, 5.74) is 1.79. The fourth-order valence-corrected chi connectivity index (χ4v) is 4.31. The van der Waals surface area contributed by atoms with Gasteiger partial charge in [-0.25, -0.2) is 0 Å². The maximum Gasteiger partial charge on any atom is 0.262 e. The Bertz CT molecular complexity index is 1270. The second-order valence-electron chi connectivity index (χ2n) is 7.49. The molecular formula is C23H25N5O2S. The van der Waals surface area contributed by atoms with E-state index >= 15 is 0 Å². The summed E-state index contributed by atoms with van der Waals surface area (Å²) in [4.78, 5) is 25.5. The third-order valence-corrected chi connectivity index (χ3v) is 6.27. The number of nitrogens with one attached hydrogen (secondary N) is 1. The van der Waals surface area contributed by atoms with Crippen LogP contribution >= 0.6 is 11.8 Å². The second kappa shape index (κ2) is 9.34. The minimum atomic E-state index is -0.161. The quantitative estimate of drug-likeness (QED) is 0.427. The monoisotopic (exact) mass is 435 g/mol. The average Bonchev–Trinajstić information content (AvgIpc) is 3.22. The van der Waals surface area contributed by atoms with Crippen molar-refractivity contribution in [2.75, 3.05) is 0 Å². The first-order valence-corrected chi connectivity index (χ1v) is 11.4. The highest BCUT2D eigenvalue weighted by Crippen LogP contribution is 2.24. The zero-order valence-corrected chi connectivity index (χ0v) is 18.4.